The standard InChI is InChI=1S/C10H10N2S2/c11-10-12-9-7(4-2-6-13)3-1-5-8(9)14-10/h1-5,13H,6H2,(H2,11,12). The van der Waals surface area contributed by atoms with Crippen LogP contribution in [0.1, 0.15) is 5.56 Å². The van der Waals surface area contributed by atoms with Gasteiger partial charge >= 0.3 is 0 Å². The van der Waals surface area contributed by atoms with Crippen LogP contribution in [-0.4, -0.2) is 10.7 Å². The zero-order valence-electron chi connectivity index (χ0n) is 7.47. The van der Waals surface area contributed by atoms with E-state index in [2.05, 4.69) is 17.6 Å². The van der Waals surface area contributed by atoms with Crippen LogP contribution < -0.4 is 5.73 Å². The maximum absolute atomic E-state index is 5.66. The van der Waals surface area contributed by atoms with Crippen LogP contribution in [-0.2, 0) is 0 Å². The molecule has 0 atom stereocenters. The molecule has 14 heavy (non-hydrogen) atoms. The molecule has 0 radical (unpaired) electrons. The summed E-state index contributed by atoms with van der Waals surface area (Å²) < 4.78 is 1.13. The zero-order valence-corrected chi connectivity index (χ0v) is 9.18. The molecule has 2 N–H and O–H groups in total. The van der Waals surface area contributed by atoms with Crippen molar-refractivity contribution in [3.63, 3.8) is 0 Å². The summed E-state index contributed by atoms with van der Waals surface area (Å²) in [5.74, 6) is 0.732. The van der Waals surface area contributed by atoms with Gasteiger partial charge in [0, 0.05) is 11.3 Å². The summed E-state index contributed by atoms with van der Waals surface area (Å²) in [5.41, 5.74) is 7.74. The van der Waals surface area contributed by atoms with E-state index in [0.717, 1.165) is 21.5 Å². The normalized spacial score (nSPS) is 11.5. The second kappa shape index (κ2) is 4.02. The summed E-state index contributed by atoms with van der Waals surface area (Å²) in [7, 11) is 0. The largest absolute Gasteiger partial charge is 0.375 e. The van der Waals surface area contributed by atoms with Crippen LogP contribution in [0.5, 0.6) is 0 Å². The fraction of sp³-hybridized carbons (Fsp3) is 0.100. The van der Waals surface area contributed by atoms with E-state index in [1.165, 1.54) is 11.3 Å². The maximum atomic E-state index is 5.66. The Hall–Kier alpha value is -1.00. The van der Waals surface area contributed by atoms with Crippen LogP contribution in [0.3, 0.4) is 0 Å². The predicted molar refractivity (Wildman–Crippen MR) is 66.9 cm³/mol. The smallest absolute Gasteiger partial charge is 0.181 e. The molecule has 0 aliphatic carbocycles. The lowest BCUT2D eigenvalue weighted by Crippen LogP contribution is -1.81. The number of nitrogens with zero attached hydrogens (tertiary/aromatic N) is 1. The fourth-order valence-corrected chi connectivity index (χ4v) is 2.18. The number of thiazole rings is 1. The Morgan fingerprint density at radius 3 is 3.14 bits per heavy atom. The van der Waals surface area contributed by atoms with E-state index in [0.29, 0.717) is 5.13 Å². The SMILES string of the molecule is Nc1nc2c(C=CCS)cccc2s1. The number of nitrogens with two attached hydrogens (primary N) is 1. The van der Waals surface area contributed by atoms with Gasteiger partial charge in [-0.1, -0.05) is 35.6 Å². The van der Waals surface area contributed by atoms with Gasteiger partial charge < -0.3 is 5.73 Å². The minimum Gasteiger partial charge on any atom is -0.375 e. The molecule has 2 aromatic rings. The quantitative estimate of drug-likeness (QED) is 0.767. The molecule has 1 aromatic heterocycles. The first-order valence-electron chi connectivity index (χ1n) is 4.23. The Kier molecular flexibility index (Phi) is 2.74. The molecule has 2 nitrogen and oxygen atoms in total. The summed E-state index contributed by atoms with van der Waals surface area (Å²) in [6, 6.07) is 6.07. The van der Waals surface area contributed by atoms with E-state index in [-0.39, 0.29) is 0 Å². The number of nitrogen functional groups attached to an aromatic ring is 1. The molecule has 1 aromatic carbocycles. The maximum Gasteiger partial charge on any atom is 0.181 e. The van der Waals surface area contributed by atoms with Crippen LogP contribution in [0.2, 0.25) is 0 Å². The van der Waals surface area contributed by atoms with Crippen LogP contribution in [0.25, 0.3) is 16.3 Å². The van der Waals surface area contributed by atoms with Gasteiger partial charge in [-0.25, -0.2) is 4.98 Å². The molecule has 0 fully saturated rings. The highest BCUT2D eigenvalue weighted by Crippen LogP contribution is 2.26. The van der Waals surface area contributed by atoms with Crippen LogP contribution in [0, 0.1) is 0 Å². The first kappa shape index (κ1) is 9.55. The minimum absolute atomic E-state index is 0.617. The average molecular weight is 222 g/mol. The molecule has 0 amide bonds. The van der Waals surface area contributed by atoms with Gasteiger partial charge in [-0.3, -0.25) is 0 Å². The monoisotopic (exact) mass is 222 g/mol. The van der Waals surface area contributed by atoms with Crippen molar-refractivity contribution >= 4 is 45.4 Å². The zero-order chi connectivity index (χ0) is 9.97. The molecular weight excluding hydrogens is 212 g/mol. The van der Waals surface area contributed by atoms with Crippen LogP contribution >= 0.6 is 24.0 Å². The van der Waals surface area contributed by atoms with E-state index in [1.54, 1.807) is 0 Å². The lowest BCUT2D eigenvalue weighted by molar-refractivity contribution is 1.48. The molecule has 0 saturated carbocycles. The van der Waals surface area contributed by atoms with Gasteiger partial charge in [-0.15, -0.1) is 0 Å². The summed E-state index contributed by atoms with van der Waals surface area (Å²) in [6.45, 7) is 0. The molecule has 0 saturated heterocycles. The van der Waals surface area contributed by atoms with Gasteiger partial charge in [0.25, 0.3) is 0 Å². The van der Waals surface area contributed by atoms with E-state index in [4.69, 9.17) is 5.73 Å². The van der Waals surface area contributed by atoms with Crippen molar-refractivity contribution < 1.29 is 0 Å². The third kappa shape index (κ3) is 1.76. The van der Waals surface area contributed by atoms with Gasteiger partial charge in [0.1, 0.15) is 0 Å². The number of para-hydroxylation sites is 1. The molecule has 0 aliphatic heterocycles. The van der Waals surface area contributed by atoms with E-state index in [9.17, 15) is 0 Å². The van der Waals surface area contributed by atoms with Crippen LogP contribution in [0.4, 0.5) is 5.13 Å². The Balaban J connectivity index is 2.58. The molecule has 4 heteroatoms. The lowest BCUT2D eigenvalue weighted by Gasteiger charge is -1.93. The first-order valence-corrected chi connectivity index (χ1v) is 5.68. The molecule has 72 valence electrons. The third-order valence-corrected chi connectivity index (χ3v) is 2.93. The van der Waals surface area contributed by atoms with Gasteiger partial charge in [-0.05, 0) is 6.07 Å². The number of aromatic nitrogens is 1. The highest BCUT2D eigenvalue weighted by atomic mass is 32.1. The topological polar surface area (TPSA) is 38.9 Å². The van der Waals surface area contributed by atoms with Crippen molar-refractivity contribution in [2.24, 2.45) is 0 Å². The van der Waals surface area contributed by atoms with Gasteiger partial charge in [0.2, 0.25) is 0 Å². The number of rotatable bonds is 2. The molecule has 0 aliphatic rings. The molecular formula is C10H10N2S2. The molecule has 0 unspecified atom stereocenters. The van der Waals surface area contributed by atoms with Gasteiger partial charge in [0.15, 0.2) is 5.13 Å². The number of anilines is 1. The second-order valence-corrected chi connectivity index (χ2v) is 4.26. The molecule has 0 bridgehead atoms. The van der Waals surface area contributed by atoms with Crippen molar-refractivity contribution in [1.29, 1.82) is 0 Å². The number of fused-ring (bicyclic) bond motifs is 1. The number of hydrogen-bond donors (Lipinski definition) is 2. The molecule has 2 rings (SSSR count). The minimum atomic E-state index is 0.617. The lowest BCUT2D eigenvalue weighted by atomic mass is 10.2. The summed E-state index contributed by atoms with van der Waals surface area (Å²) in [4.78, 5) is 4.29. The highest BCUT2D eigenvalue weighted by Gasteiger charge is 2.02. The summed E-state index contributed by atoms with van der Waals surface area (Å²) >= 11 is 5.63. The fourth-order valence-electron chi connectivity index (χ4n) is 1.30. The van der Waals surface area contributed by atoms with Crippen molar-refractivity contribution in [3.8, 4) is 0 Å². The third-order valence-electron chi connectivity index (χ3n) is 1.87. The first-order chi connectivity index (χ1) is 6.81. The Bertz CT molecular complexity index is 474. The van der Waals surface area contributed by atoms with Crippen molar-refractivity contribution in [2.75, 3.05) is 11.5 Å². The van der Waals surface area contributed by atoms with Gasteiger partial charge in [0.05, 0.1) is 10.2 Å². The number of thiol groups is 1. The Labute approximate surface area is 91.9 Å². The van der Waals surface area contributed by atoms with Crippen molar-refractivity contribution in [2.45, 2.75) is 0 Å². The Morgan fingerprint density at radius 2 is 2.36 bits per heavy atom. The summed E-state index contributed by atoms with van der Waals surface area (Å²) in [5, 5.41) is 0.617. The van der Waals surface area contributed by atoms with E-state index < -0.39 is 0 Å². The molecule has 0 spiro atoms. The molecule has 1 heterocycles. The van der Waals surface area contributed by atoms with Crippen molar-refractivity contribution in [3.05, 3.63) is 29.8 Å². The highest BCUT2D eigenvalue weighted by molar-refractivity contribution is 7.80. The van der Waals surface area contributed by atoms with E-state index in [1.807, 2.05) is 30.4 Å². The van der Waals surface area contributed by atoms with Crippen LogP contribution in [0.15, 0.2) is 24.3 Å². The average Bonchev–Trinajstić information content (AvgIpc) is 2.55. The number of hydrogen-bond acceptors (Lipinski definition) is 4. The van der Waals surface area contributed by atoms with Crippen molar-refractivity contribution in [1.82, 2.24) is 4.98 Å². The second-order valence-electron chi connectivity index (χ2n) is 2.83. The predicted octanol–water partition coefficient (Wildman–Crippen LogP) is 2.82. The van der Waals surface area contributed by atoms with E-state index >= 15 is 0 Å². The Morgan fingerprint density at radius 1 is 1.50 bits per heavy atom. The summed E-state index contributed by atoms with van der Waals surface area (Å²) in [6.07, 6.45) is 4.02. The number of benzene rings is 1. The van der Waals surface area contributed by atoms with Gasteiger partial charge in [-0.2, -0.15) is 12.6 Å².